The number of likely N-dealkylation sites (N-methyl/N-ethyl adjacent to an activating group) is 1. The maximum atomic E-state index is 12.2. The highest BCUT2D eigenvalue weighted by Gasteiger charge is 2.69. The van der Waals surface area contributed by atoms with Gasteiger partial charge in [-0.05, 0) is 37.3 Å². The van der Waals surface area contributed by atoms with Crippen LogP contribution < -0.4 is 18.1 Å². The second kappa shape index (κ2) is 6.35. The van der Waals surface area contributed by atoms with E-state index in [9.17, 15) is 15.0 Å². The van der Waals surface area contributed by atoms with Crippen LogP contribution in [0.25, 0.3) is 0 Å². The Kier molecular flexibility index (Phi) is 4.53. The minimum Gasteiger partial charge on any atom is -1.00 e. The number of quaternary nitrogens is 1. The second-order valence-corrected chi connectivity index (χ2v) is 9.87. The summed E-state index contributed by atoms with van der Waals surface area (Å²) in [6.45, 7) is 2.19. The van der Waals surface area contributed by atoms with E-state index in [-0.39, 0.29) is 29.8 Å². The van der Waals surface area contributed by atoms with Crippen LogP contribution in [0.4, 0.5) is 0 Å². The van der Waals surface area contributed by atoms with Crippen molar-refractivity contribution in [3.05, 3.63) is 28.8 Å². The molecule has 1 aromatic carbocycles. The molecule has 3 aliphatic carbocycles. The first-order valence-corrected chi connectivity index (χ1v) is 10.5. The Hall–Kier alpha value is -1.30. The maximum Gasteiger partial charge on any atom is 0.252 e. The zero-order valence-electron chi connectivity index (χ0n) is 16.6. The summed E-state index contributed by atoms with van der Waals surface area (Å²) in [6.07, 6.45) is 8.04. The Morgan fingerprint density at radius 2 is 1.96 bits per heavy atom. The minimum absolute atomic E-state index is 0. The van der Waals surface area contributed by atoms with E-state index in [0.717, 1.165) is 73.1 Å². The van der Waals surface area contributed by atoms with Crippen LogP contribution in [-0.2, 0) is 11.8 Å². The zero-order chi connectivity index (χ0) is 19.0. The highest BCUT2D eigenvalue weighted by Crippen LogP contribution is 2.61. The lowest BCUT2D eigenvalue weighted by molar-refractivity contribution is -0.950. The number of carbonyl (C=O) groups excluding carboxylic acids is 1. The van der Waals surface area contributed by atoms with Gasteiger partial charge in [-0.25, -0.2) is 0 Å². The van der Waals surface area contributed by atoms with Crippen LogP contribution in [0.3, 0.4) is 0 Å². The number of phenols is 1. The summed E-state index contributed by atoms with van der Waals surface area (Å²) >= 11 is 0. The quantitative estimate of drug-likeness (QED) is 0.576. The average molecular weight is 407 g/mol. The number of hydrogen-bond donors (Lipinski definition) is 3. The van der Waals surface area contributed by atoms with E-state index in [1.165, 1.54) is 12.8 Å². The Balaban J connectivity index is 0.00000192. The number of aliphatic hydroxyl groups is 1. The van der Waals surface area contributed by atoms with Gasteiger partial charge >= 0.3 is 0 Å². The molecular formula is C22H31ClN2O3. The smallest absolute Gasteiger partial charge is 0.252 e. The van der Waals surface area contributed by atoms with Crippen LogP contribution in [0, 0.1) is 5.92 Å². The van der Waals surface area contributed by atoms with Gasteiger partial charge < -0.3 is 32.8 Å². The molecule has 2 bridgehead atoms. The summed E-state index contributed by atoms with van der Waals surface area (Å²) in [5.74, 6) is 0.233. The van der Waals surface area contributed by atoms with E-state index in [2.05, 4.69) is 7.05 Å². The number of nitrogens with zero attached hydrogens (tertiary/aromatic N) is 1. The van der Waals surface area contributed by atoms with Crippen molar-refractivity contribution in [3.63, 3.8) is 0 Å². The third-order valence-corrected chi connectivity index (χ3v) is 8.39. The Morgan fingerprint density at radius 1 is 1.25 bits per heavy atom. The molecule has 5 rings (SSSR count). The molecule has 1 aliphatic heterocycles. The molecule has 1 heterocycles. The fourth-order valence-corrected chi connectivity index (χ4v) is 6.93. The molecule has 0 aromatic heterocycles. The number of carbonyl (C=O) groups is 1. The number of benzene rings is 1. The predicted octanol–water partition coefficient (Wildman–Crippen LogP) is -0.777. The summed E-state index contributed by atoms with van der Waals surface area (Å²) in [5.41, 5.74) is 6.38. The zero-order valence-corrected chi connectivity index (χ0v) is 17.3. The number of rotatable bonds is 3. The topological polar surface area (TPSA) is 83.5 Å². The Bertz CT molecular complexity index is 826. The highest BCUT2D eigenvalue weighted by atomic mass is 35.5. The summed E-state index contributed by atoms with van der Waals surface area (Å²) in [7, 11) is 2.34. The average Bonchev–Trinajstić information content (AvgIpc) is 3.42. The monoisotopic (exact) mass is 406 g/mol. The number of aromatic hydroxyl groups is 1. The van der Waals surface area contributed by atoms with Crippen LogP contribution in [0.5, 0.6) is 5.75 Å². The summed E-state index contributed by atoms with van der Waals surface area (Å²) in [4.78, 5) is 11.8. The number of hydrogen-bond acceptors (Lipinski definition) is 3. The first-order valence-electron chi connectivity index (χ1n) is 10.5. The van der Waals surface area contributed by atoms with E-state index in [1.807, 2.05) is 6.07 Å². The van der Waals surface area contributed by atoms with Crippen molar-refractivity contribution >= 4 is 5.91 Å². The van der Waals surface area contributed by atoms with Crippen LogP contribution >= 0.6 is 0 Å². The first kappa shape index (κ1) is 20.0. The molecule has 2 saturated carbocycles. The minimum atomic E-state index is -0.812. The fourth-order valence-electron chi connectivity index (χ4n) is 6.93. The predicted molar refractivity (Wildman–Crippen MR) is 102 cm³/mol. The summed E-state index contributed by atoms with van der Waals surface area (Å²) in [6, 6.07) is 3.81. The van der Waals surface area contributed by atoms with Gasteiger partial charge in [0, 0.05) is 29.7 Å². The van der Waals surface area contributed by atoms with E-state index < -0.39 is 16.9 Å². The standard InChI is InChI=1S/C22H30N2O3.ClH/c1-24(13-14-4-5-14)11-10-21-8-2-3-9-22(21,27)17(24)12-15-6-7-16(20(23)26)19(25)18(15)21;/h6-7,14,17,27H,2-5,8-13H2,1H3,(H2-,23,25,26);1H/t17-,21+,22-,24-;/m1./s1. The molecule has 4 N–H and O–H groups in total. The Morgan fingerprint density at radius 3 is 2.64 bits per heavy atom. The largest absolute Gasteiger partial charge is 1.00 e. The molecule has 6 heteroatoms. The third kappa shape index (κ3) is 2.49. The van der Waals surface area contributed by atoms with Crippen molar-refractivity contribution in [2.24, 2.45) is 11.7 Å². The van der Waals surface area contributed by atoms with Crippen molar-refractivity contribution in [1.29, 1.82) is 0 Å². The van der Waals surface area contributed by atoms with Crippen molar-refractivity contribution < 1.29 is 31.9 Å². The number of primary amides is 1. The van der Waals surface area contributed by atoms with Gasteiger partial charge in [-0.1, -0.05) is 18.9 Å². The molecule has 3 fully saturated rings. The van der Waals surface area contributed by atoms with Crippen LogP contribution in [-0.4, -0.2) is 52.4 Å². The molecule has 4 atom stereocenters. The van der Waals surface area contributed by atoms with Gasteiger partial charge in [-0.2, -0.15) is 0 Å². The lowest BCUT2D eigenvalue weighted by atomic mass is 9.48. The van der Waals surface area contributed by atoms with Gasteiger partial charge in [0.25, 0.3) is 5.91 Å². The number of likely N-dealkylation sites (tertiary alicyclic amines) is 1. The number of fused-ring (bicyclic) bond motifs is 1. The van der Waals surface area contributed by atoms with Gasteiger partial charge in [0.15, 0.2) is 0 Å². The molecule has 5 nitrogen and oxygen atoms in total. The van der Waals surface area contributed by atoms with Crippen LogP contribution in [0.15, 0.2) is 12.1 Å². The van der Waals surface area contributed by atoms with E-state index in [1.54, 1.807) is 6.07 Å². The van der Waals surface area contributed by atoms with Crippen LogP contribution in [0.1, 0.15) is 66.4 Å². The molecule has 4 aliphatic rings. The van der Waals surface area contributed by atoms with Gasteiger partial charge in [0.2, 0.25) is 0 Å². The van der Waals surface area contributed by atoms with Crippen molar-refractivity contribution in [2.75, 3.05) is 20.1 Å². The molecule has 1 saturated heterocycles. The normalized spacial score (nSPS) is 38.7. The highest BCUT2D eigenvalue weighted by molar-refractivity contribution is 5.96. The molecule has 1 aromatic rings. The number of nitrogens with two attached hydrogens (primary N) is 1. The van der Waals surface area contributed by atoms with Crippen molar-refractivity contribution in [1.82, 2.24) is 0 Å². The first-order chi connectivity index (χ1) is 12.8. The summed E-state index contributed by atoms with van der Waals surface area (Å²) < 4.78 is 0.945. The molecular weight excluding hydrogens is 376 g/mol. The molecule has 28 heavy (non-hydrogen) atoms. The van der Waals surface area contributed by atoms with Gasteiger partial charge in [0.05, 0.1) is 25.7 Å². The Labute approximate surface area is 172 Å². The van der Waals surface area contributed by atoms with Gasteiger partial charge in [0.1, 0.15) is 17.4 Å². The molecule has 154 valence electrons. The summed E-state index contributed by atoms with van der Waals surface area (Å²) in [5, 5.41) is 23.2. The number of piperidine rings is 1. The van der Waals surface area contributed by atoms with Gasteiger partial charge in [-0.3, -0.25) is 4.79 Å². The second-order valence-electron chi connectivity index (χ2n) is 9.87. The van der Waals surface area contributed by atoms with Crippen molar-refractivity contribution in [3.8, 4) is 5.75 Å². The van der Waals surface area contributed by atoms with Gasteiger partial charge in [-0.15, -0.1) is 0 Å². The lowest BCUT2D eigenvalue weighted by Gasteiger charge is -2.65. The number of halogens is 1. The van der Waals surface area contributed by atoms with Crippen LogP contribution in [0.2, 0.25) is 0 Å². The number of amides is 1. The third-order valence-electron chi connectivity index (χ3n) is 8.39. The maximum absolute atomic E-state index is 12.2. The van der Waals surface area contributed by atoms with E-state index in [4.69, 9.17) is 5.73 Å². The lowest BCUT2D eigenvalue weighted by Crippen LogP contribution is -3.00. The molecule has 1 amide bonds. The molecule has 0 radical (unpaired) electrons. The molecule has 0 unspecified atom stereocenters. The van der Waals surface area contributed by atoms with E-state index in [0.29, 0.717) is 0 Å². The fraction of sp³-hybridized carbons (Fsp3) is 0.682. The SMILES string of the molecule is C[N@+]1(CC2CC2)CC[C@]23CCCC[C@@]2(O)[C@H]1Cc1ccc(C(N)=O)c(O)c13.[Cl-]. The van der Waals surface area contributed by atoms with E-state index >= 15 is 0 Å². The van der Waals surface area contributed by atoms with Crippen molar-refractivity contribution in [2.45, 2.75) is 68.4 Å². The molecule has 0 spiro atoms.